The molecular formula is C22H17N5O3S. The molecule has 154 valence electrons. The van der Waals surface area contributed by atoms with Crippen LogP contribution >= 0.6 is 11.8 Å². The van der Waals surface area contributed by atoms with Crippen molar-refractivity contribution in [1.29, 1.82) is 0 Å². The number of anilines is 3. The van der Waals surface area contributed by atoms with Crippen LogP contribution in [0.3, 0.4) is 0 Å². The number of carbonyl (C=O) groups excluding carboxylic acids is 1. The number of fused-ring (bicyclic) bond motifs is 1. The topological polar surface area (TPSA) is 110 Å². The van der Waals surface area contributed by atoms with E-state index in [4.69, 9.17) is 0 Å². The van der Waals surface area contributed by atoms with Crippen molar-refractivity contribution in [3.05, 3.63) is 89.0 Å². The van der Waals surface area contributed by atoms with Crippen molar-refractivity contribution in [3.8, 4) is 0 Å². The van der Waals surface area contributed by atoms with E-state index in [9.17, 15) is 14.9 Å². The van der Waals surface area contributed by atoms with Gasteiger partial charge in [-0.3, -0.25) is 14.9 Å². The normalized spacial score (nSPS) is 10.6. The van der Waals surface area contributed by atoms with Crippen LogP contribution in [0, 0.1) is 10.1 Å². The summed E-state index contributed by atoms with van der Waals surface area (Å²) in [6, 6.07) is 23.1. The van der Waals surface area contributed by atoms with Gasteiger partial charge < -0.3 is 10.6 Å². The molecule has 1 aromatic heterocycles. The zero-order chi connectivity index (χ0) is 21.6. The molecule has 1 heterocycles. The van der Waals surface area contributed by atoms with Crippen molar-refractivity contribution in [2.75, 3.05) is 16.4 Å². The number of thioether (sulfide) groups is 1. The minimum atomic E-state index is -0.505. The van der Waals surface area contributed by atoms with E-state index in [-0.39, 0.29) is 17.3 Å². The summed E-state index contributed by atoms with van der Waals surface area (Å²) in [5, 5.41) is 18.2. The number of para-hydroxylation sites is 2. The highest BCUT2D eigenvalue weighted by Gasteiger charge is 2.12. The van der Waals surface area contributed by atoms with Gasteiger partial charge in [-0.2, -0.15) is 0 Å². The van der Waals surface area contributed by atoms with Gasteiger partial charge in [-0.05, 0) is 30.3 Å². The molecule has 0 unspecified atom stereocenters. The number of non-ortho nitro benzene ring substituents is 1. The molecule has 0 spiro atoms. The first-order valence-electron chi connectivity index (χ1n) is 9.34. The number of amides is 1. The highest BCUT2D eigenvalue weighted by Crippen LogP contribution is 2.27. The van der Waals surface area contributed by atoms with E-state index >= 15 is 0 Å². The maximum atomic E-state index is 12.3. The van der Waals surface area contributed by atoms with Crippen molar-refractivity contribution in [1.82, 2.24) is 9.97 Å². The second-order valence-corrected chi connectivity index (χ2v) is 7.45. The van der Waals surface area contributed by atoms with Gasteiger partial charge in [0.1, 0.15) is 5.82 Å². The molecule has 0 radical (unpaired) electrons. The van der Waals surface area contributed by atoms with Crippen LogP contribution in [0.2, 0.25) is 0 Å². The number of nitrogens with zero attached hydrogens (tertiary/aromatic N) is 3. The minimum Gasteiger partial charge on any atom is -0.340 e. The van der Waals surface area contributed by atoms with Crippen LogP contribution in [0.25, 0.3) is 10.9 Å². The van der Waals surface area contributed by atoms with E-state index in [0.29, 0.717) is 16.7 Å². The van der Waals surface area contributed by atoms with Gasteiger partial charge in [0.05, 0.1) is 16.2 Å². The van der Waals surface area contributed by atoms with Gasteiger partial charge in [0.25, 0.3) is 5.69 Å². The van der Waals surface area contributed by atoms with E-state index in [1.54, 1.807) is 6.07 Å². The third-order valence-corrected chi connectivity index (χ3v) is 5.14. The Kier molecular flexibility index (Phi) is 6.04. The Balaban J connectivity index is 1.50. The number of nitro benzene ring substituents is 1. The first-order chi connectivity index (χ1) is 15.1. The Morgan fingerprint density at radius 3 is 2.48 bits per heavy atom. The maximum Gasteiger partial charge on any atom is 0.271 e. The molecule has 9 heteroatoms. The standard InChI is InChI=1S/C22H17N5O3S/c28-20(23-16-9-6-10-17(13-16)27(29)30)14-31-22-25-19-12-5-4-11-18(19)21(26-22)24-15-7-2-1-3-8-15/h1-13H,14H2,(H,23,28)(H,24,25,26). The van der Waals surface area contributed by atoms with Crippen LogP contribution in [-0.4, -0.2) is 26.6 Å². The molecule has 0 aliphatic carbocycles. The molecule has 0 bridgehead atoms. The predicted molar refractivity (Wildman–Crippen MR) is 122 cm³/mol. The number of rotatable bonds is 7. The predicted octanol–water partition coefficient (Wildman–Crippen LogP) is 5.01. The first kappa shape index (κ1) is 20.3. The fourth-order valence-electron chi connectivity index (χ4n) is 2.90. The number of aromatic nitrogens is 2. The van der Waals surface area contributed by atoms with Gasteiger partial charge >= 0.3 is 0 Å². The highest BCUT2D eigenvalue weighted by molar-refractivity contribution is 7.99. The van der Waals surface area contributed by atoms with Crippen molar-refractivity contribution in [2.24, 2.45) is 0 Å². The van der Waals surface area contributed by atoms with E-state index in [1.165, 1.54) is 30.0 Å². The third-order valence-electron chi connectivity index (χ3n) is 4.29. The van der Waals surface area contributed by atoms with Crippen LogP contribution in [-0.2, 0) is 4.79 Å². The zero-order valence-electron chi connectivity index (χ0n) is 16.2. The molecule has 1 amide bonds. The average molecular weight is 431 g/mol. The Hall–Kier alpha value is -3.98. The highest BCUT2D eigenvalue weighted by atomic mass is 32.2. The summed E-state index contributed by atoms with van der Waals surface area (Å²) in [7, 11) is 0. The number of benzene rings is 3. The smallest absolute Gasteiger partial charge is 0.271 e. The summed E-state index contributed by atoms with van der Waals surface area (Å²) < 4.78 is 0. The van der Waals surface area contributed by atoms with Crippen molar-refractivity contribution in [3.63, 3.8) is 0 Å². The number of carbonyl (C=O) groups is 1. The Morgan fingerprint density at radius 2 is 1.68 bits per heavy atom. The quantitative estimate of drug-likeness (QED) is 0.183. The molecule has 0 aliphatic rings. The number of hydrogen-bond acceptors (Lipinski definition) is 7. The summed E-state index contributed by atoms with van der Waals surface area (Å²) in [5.41, 5.74) is 1.94. The fourth-order valence-corrected chi connectivity index (χ4v) is 3.55. The summed E-state index contributed by atoms with van der Waals surface area (Å²) in [6.45, 7) is 0. The molecule has 2 N–H and O–H groups in total. The van der Waals surface area contributed by atoms with Crippen LogP contribution in [0.15, 0.2) is 84.0 Å². The largest absolute Gasteiger partial charge is 0.340 e. The van der Waals surface area contributed by atoms with Crippen LogP contribution in [0.1, 0.15) is 0 Å². The van der Waals surface area contributed by atoms with Crippen LogP contribution in [0.5, 0.6) is 0 Å². The minimum absolute atomic E-state index is 0.0613. The van der Waals surface area contributed by atoms with E-state index in [1.807, 2.05) is 54.6 Å². The summed E-state index contributed by atoms with van der Waals surface area (Å²) >= 11 is 1.19. The van der Waals surface area contributed by atoms with Gasteiger partial charge in [-0.1, -0.05) is 48.2 Å². The van der Waals surface area contributed by atoms with Crippen molar-refractivity contribution in [2.45, 2.75) is 5.16 Å². The van der Waals surface area contributed by atoms with Gasteiger partial charge in [0, 0.05) is 28.9 Å². The number of hydrogen-bond donors (Lipinski definition) is 2. The molecule has 31 heavy (non-hydrogen) atoms. The van der Waals surface area contributed by atoms with Crippen LogP contribution < -0.4 is 10.6 Å². The molecule has 3 aromatic carbocycles. The second kappa shape index (κ2) is 9.23. The average Bonchev–Trinajstić information content (AvgIpc) is 2.78. The summed E-state index contributed by atoms with van der Waals surface area (Å²) in [4.78, 5) is 31.8. The lowest BCUT2D eigenvalue weighted by Gasteiger charge is -2.11. The lowest BCUT2D eigenvalue weighted by atomic mass is 10.2. The Labute approximate surface area is 181 Å². The summed E-state index contributed by atoms with van der Waals surface area (Å²) in [5.74, 6) is 0.407. The summed E-state index contributed by atoms with van der Waals surface area (Å²) in [6.07, 6.45) is 0. The van der Waals surface area contributed by atoms with E-state index < -0.39 is 4.92 Å². The SMILES string of the molecule is O=C(CSc1nc(Nc2ccccc2)c2ccccc2n1)Nc1cccc([N+](=O)[O-])c1. The van der Waals surface area contributed by atoms with Gasteiger partial charge in [0.15, 0.2) is 5.16 Å². The van der Waals surface area contributed by atoms with Gasteiger partial charge in [0.2, 0.25) is 5.91 Å². The lowest BCUT2D eigenvalue weighted by Crippen LogP contribution is -2.14. The molecule has 0 fully saturated rings. The molecular weight excluding hydrogens is 414 g/mol. The monoisotopic (exact) mass is 431 g/mol. The number of nitro groups is 1. The maximum absolute atomic E-state index is 12.3. The third kappa shape index (κ3) is 5.14. The number of nitrogens with one attached hydrogen (secondary N) is 2. The molecule has 4 rings (SSSR count). The second-order valence-electron chi connectivity index (χ2n) is 6.51. The lowest BCUT2D eigenvalue weighted by molar-refractivity contribution is -0.384. The van der Waals surface area contributed by atoms with E-state index in [2.05, 4.69) is 20.6 Å². The molecule has 0 aliphatic heterocycles. The first-order valence-corrected chi connectivity index (χ1v) is 10.3. The molecule has 0 saturated carbocycles. The fraction of sp³-hybridized carbons (Fsp3) is 0.0455. The van der Waals surface area contributed by atoms with Gasteiger partial charge in [-0.25, -0.2) is 9.97 Å². The van der Waals surface area contributed by atoms with E-state index in [0.717, 1.165) is 16.6 Å². The van der Waals surface area contributed by atoms with Gasteiger partial charge in [-0.15, -0.1) is 0 Å². The molecule has 4 aromatic rings. The van der Waals surface area contributed by atoms with Crippen molar-refractivity contribution < 1.29 is 9.72 Å². The molecule has 8 nitrogen and oxygen atoms in total. The van der Waals surface area contributed by atoms with Crippen LogP contribution in [0.4, 0.5) is 22.9 Å². The Bertz CT molecular complexity index is 1250. The zero-order valence-corrected chi connectivity index (χ0v) is 17.0. The molecule has 0 saturated heterocycles. The van der Waals surface area contributed by atoms with Crippen molar-refractivity contribution >= 4 is 51.5 Å². The molecule has 0 atom stereocenters. The Morgan fingerprint density at radius 1 is 0.935 bits per heavy atom.